The van der Waals surface area contributed by atoms with Crippen molar-refractivity contribution in [2.45, 2.75) is 57.3 Å². The maximum Gasteiger partial charge on any atom is 0.526 e. The van der Waals surface area contributed by atoms with Gasteiger partial charge in [0.05, 0.1) is 5.56 Å². The molecule has 0 bridgehead atoms. The summed E-state index contributed by atoms with van der Waals surface area (Å²) in [6.07, 6.45) is 4.33. The first-order valence-corrected chi connectivity index (χ1v) is 8.71. The second kappa shape index (κ2) is 7.07. The number of para-hydroxylation sites is 1. The molecule has 0 radical (unpaired) electrons. The van der Waals surface area contributed by atoms with Crippen molar-refractivity contribution in [3.05, 3.63) is 29.3 Å². The SMILES string of the molecule is CC(=O)c1cccc2c1OB(O)[C@@H](CC(=O)C1CCC(N)CC1)C2. The Morgan fingerprint density at radius 2 is 2.00 bits per heavy atom. The standard InChI is InChI=1S/C18H24BNO4/c1-11(21)16-4-2-3-13-9-14(19(23)24-18(13)16)10-17(22)12-5-7-15(20)8-6-12/h2-4,12,14-15,23H,5-10,20H2,1H3/t12?,14-,15?/m1/s1. The number of benzene rings is 1. The van der Waals surface area contributed by atoms with E-state index < -0.39 is 7.12 Å². The molecule has 1 saturated carbocycles. The van der Waals surface area contributed by atoms with Gasteiger partial charge in [0, 0.05) is 24.2 Å². The van der Waals surface area contributed by atoms with Gasteiger partial charge in [-0.2, -0.15) is 0 Å². The van der Waals surface area contributed by atoms with Gasteiger partial charge in [0.2, 0.25) is 0 Å². The van der Waals surface area contributed by atoms with Crippen molar-refractivity contribution < 1.29 is 19.3 Å². The summed E-state index contributed by atoms with van der Waals surface area (Å²) in [5.74, 6) is 0.363. The molecule has 1 aliphatic heterocycles. The van der Waals surface area contributed by atoms with E-state index in [2.05, 4.69) is 0 Å². The lowest BCUT2D eigenvalue weighted by Crippen LogP contribution is -2.37. The van der Waals surface area contributed by atoms with Crippen LogP contribution in [0.2, 0.25) is 5.82 Å². The summed E-state index contributed by atoms with van der Waals surface area (Å²) in [4.78, 5) is 24.2. The number of hydrogen-bond acceptors (Lipinski definition) is 5. The van der Waals surface area contributed by atoms with E-state index in [0.717, 1.165) is 31.2 Å². The zero-order valence-electron chi connectivity index (χ0n) is 14.0. The van der Waals surface area contributed by atoms with Crippen molar-refractivity contribution in [2.24, 2.45) is 11.7 Å². The molecular weight excluding hydrogens is 305 g/mol. The highest BCUT2D eigenvalue weighted by Gasteiger charge is 2.38. The molecule has 1 aliphatic carbocycles. The Bertz CT molecular complexity index is 640. The van der Waals surface area contributed by atoms with Crippen LogP contribution in [0, 0.1) is 5.92 Å². The van der Waals surface area contributed by atoms with E-state index in [0.29, 0.717) is 24.2 Å². The van der Waals surface area contributed by atoms with Crippen LogP contribution in [0.25, 0.3) is 0 Å². The molecule has 1 atom stereocenters. The summed E-state index contributed by atoms with van der Waals surface area (Å²) >= 11 is 0. The number of fused-ring (bicyclic) bond motifs is 1. The molecule has 0 unspecified atom stereocenters. The van der Waals surface area contributed by atoms with Crippen molar-refractivity contribution in [2.75, 3.05) is 0 Å². The van der Waals surface area contributed by atoms with E-state index in [9.17, 15) is 14.6 Å². The maximum absolute atomic E-state index is 12.5. The summed E-state index contributed by atoms with van der Waals surface area (Å²) < 4.78 is 5.60. The minimum atomic E-state index is -1.05. The molecule has 3 rings (SSSR count). The molecule has 0 aromatic heterocycles. The number of ketones is 2. The van der Waals surface area contributed by atoms with Crippen LogP contribution < -0.4 is 10.4 Å². The van der Waals surface area contributed by atoms with Gasteiger partial charge in [0.25, 0.3) is 0 Å². The van der Waals surface area contributed by atoms with Gasteiger partial charge in [-0.3, -0.25) is 9.59 Å². The Balaban J connectivity index is 1.69. The van der Waals surface area contributed by atoms with Crippen molar-refractivity contribution in [1.82, 2.24) is 0 Å². The molecule has 2 aliphatic rings. The third-order valence-corrected chi connectivity index (χ3v) is 5.29. The molecular formula is C18H24BNO4. The van der Waals surface area contributed by atoms with Gasteiger partial charge >= 0.3 is 7.12 Å². The molecule has 1 aromatic carbocycles. The minimum Gasteiger partial charge on any atom is -0.535 e. The lowest BCUT2D eigenvalue weighted by atomic mass is 9.63. The smallest absolute Gasteiger partial charge is 0.526 e. The predicted molar refractivity (Wildman–Crippen MR) is 92.1 cm³/mol. The van der Waals surface area contributed by atoms with Crippen LogP contribution in [0.5, 0.6) is 5.75 Å². The van der Waals surface area contributed by atoms with Gasteiger partial charge in [-0.15, -0.1) is 0 Å². The molecule has 0 spiro atoms. The third-order valence-electron chi connectivity index (χ3n) is 5.29. The average Bonchev–Trinajstić information content (AvgIpc) is 2.55. The Kier molecular flexibility index (Phi) is 5.06. The van der Waals surface area contributed by atoms with Crippen LogP contribution in [-0.2, 0) is 11.2 Å². The highest BCUT2D eigenvalue weighted by molar-refractivity contribution is 6.47. The lowest BCUT2D eigenvalue weighted by Gasteiger charge is -2.30. The highest BCUT2D eigenvalue weighted by Crippen LogP contribution is 2.37. The second-order valence-corrected chi connectivity index (χ2v) is 7.10. The quantitative estimate of drug-likeness (QED) is 0.653. The molecule has 128 valence electrons. The van der Waals surface area contributed by atoms with Crippen LogP contribution in [0.15, 0.2) is 18.2 Å². The number of carbonyl (C=O) groups is 2. The van der Waals surface area contributed by atoms with E-state index in [-0.39, 0.29) is 29.3 Å². The monoisotopic (exact) mass is 329 g/mol. The fraction of sp³-hybridized carbons (Fsp3) is 0.556. The van der Waals surface area contributed by atoms with Gasteiger partial charge < -0.3 is 15.4 Å². The number of nitrogens with two attached hydrogens (primary N) is 1. The molecule has 0 saturated heterocycles. The minimum absolute atomic E-state index is 0.0574. The topological polar surface area (TPSA) is 89.6 Å². The Morgan fingerprint density at radius 3 is 2.67 bits per heavy atom. The van der Waals surface area contributed by atoms with Crippen LogP contribution in [0.1, 0.15) is 54.9 Å². The summed E-state index contributed by atoms with van der Waals surface area (Å²) in [7, 11) is -1.05. The summed E-state index contributed by atoms with van der Waals surface area (Å²) in [5.41, 5.74) is 7.27. The first-order chi connectivity index (χ1) is 11.5. The largest absolute Gasteiger partial charge is 0.535 e. The van der Waals surface area contributed by atoms with Crippen molar-refractivity contribution in [3.8, 4) is 5.75 Å². The van der Waals surface area contributed by atoms with Crippen molar-refractivity contribution in [1.29, 1.82) is 0 Å². The van der Waals surface area contributed by atoms with E-state index in [1.807, 2.05) is 12.1 Å². The fourth-order valence-electron chi connectivity index (χ4n) is 3.80. The average molecular weight is 329 g/mol. The second-order valence-electron chi connectivity index (χ2n) is 7.10. The van der Waals surface area contributed by atoms with Gasteiger partial charge in [0.15, 0.2) is 5.78 Å². The first-order valence-electron chi connectivity index (χ1n) is 8.71. The van der Waals surface area contributed by atoms with Crippen LogP contribution in [0.4, 0.5) is 0 Å². The van der Waals surface area contributed by atoms with Gasteiger partial charge in [-0.05, 0) is 50.7 Å². The molecule has 1 heterocycles. The fourth-order valence-corrected chi connectivity index (χ4v) is 3.80. The van der Waals surface area contributed by atoms with E-state index >= 15 is 0 Å². The molecule has 3 N–H and O–H groups in total. The van der Waals surface area contributed by atoms with Crippen LogP contribution in [-0.4, -0.2) is 29.8 Å². The number of carbonyl (C=O) groups excluding carboxylic acids is 2. The number of hydrogen-bond donors (Lipinski definition) is 2. The van der Waals surface area contributed by atoms with Crippen LogP contribution >= 0.6 is 0 Å². The Labute approximate surface area is 142 Å². The zero-order valence-corrected chi connectivity index (χ0v) is 14.0. The molecule has 6 heteroatoms. The first kappa shape index (κ1) is 17.2. The van der Waals surface area contributed by atoms with Crippen LogP contribution in [0.3, 0.4) is 0 Å². The van der Waals surface area contributed by atoms with Gasteiger partial charge in [-0.1, -0.05) is 12.1 Å². The summed E-state index contributed by atoms with van der Waals surface area (Å²) in [6, 6.07) is 5.63. The third kappa shape index (κ3) is 3.54. The number of Topliss-reactive ketones (excluding diaryl/α,β-unsaturated/α-hetero) is 2. The molecule has 0 amide bonds. The molecule has 24 heavy (non-hydrogen) atoms. The molecule has 1 aromatic rings. The van der Waals surface area contributed by atoms with Crippen molar-refractivity contribution in [3.63, 3.8) is 0 Å². The zero-order chi connectivity index (χ0) is 17.3. The Morgan fingerprint density at radius 1 is 1.29 bits per heavy atom. The normalized spacial score (nSPS) is 26.5. The molecule has 5 nitrogen and oxygen atoms in total. The van der Waals surface area contributed by atoms with Gasteiger partial charge in [-0.25, -0.2) is 0 Å². The predicted octanol–water partition coefficient (Wildman–Crippen LogP) is 2.15. The highest BCUT2D eigenvalue weighted by atomic mass is 16.5. The number of rotatable bonds is 4. The van der Waals surface area contributed by atoms with Gasteiger partial charge in [0.1, 0.15) is 11.5 Å². The summed E-state index contributed by atoms with van der Waals surface area (Å²) in [5, 5.41) is 10.3. The van der Waals surface area contributed by atoms with E-state index in [4.69, 9.17) is 10.4 Å². The maximum atomic E-state index is 12.5. The Hall–Kier alpha value is -1.66. The molecule has 1 fully saturated rings. The lowest BCUT2D eigenvalue weighted by molar-refractivity contribution is -0.124. The van der Waals surface area contributed by atoms with Crippen molar-refractivity contribution >= 4 is 18.7 Å². The van der Waals surface area contributed by atoms with E-state index in [1.165, 1.54) is 6.92 Å². The van der Waals surface area contributed by atoms with E-state index in [1.54, 1.807) is 6.07 Å². The summed E-state index contributed by atoms with van der Waals surface area (Å²) in [6.45, 7) is 1.48.